The van der Waals surface area contributed by atoms with Gasteiger partial charge >= 0.3 is 0 Å². The van der Waals surface area contributed by atoms with Crippen LogP contribution in [0.1, 0.15) is 0 Å². The lowest BCUT2D eigenvalue weighted by atomic mass is 10.0. The van der Waals surface area contributed by atoms with Gasteiger partial charge in [-0.15, -0.1) is 0 Å². The average molecular weight is 422 g/mol. The lowest BCUT2D eigenvalue weighted by molar-refractivity contribution is 0.547. The van der Waals surface area contributed by atoms with Crippen molar-refractivity contribution in [1.29, 1.82) is 0 Å². The van der Waals surface area contributed by atoms with Crippen molar-refractivity contribution in [3.05, 3.63) is 102 Å². The Labute approximate surface area is 182 Å². The Morgan fingerprint density at radius 3 is 2.52 bits per heavy atom. The maximum absolute atomic E-state index is 6.37. The van der Waals surface area contributed by atoms with Gasteiger partial charge < -0.3 is 9.40 Å². The maximum Gasteiger partial charge on any atom is 0.230 e. The highest BCUT2D eigenvalue weighted by Gasteiger charge is 2.13. The Bertz CT molecular complexity index is 1630. The Morgan fingerprint density at radius 1 is 0.806 bits per heavy atom. The highest BCUT2D eigenvalue weighted by Crippen LogP contribution is 2.29. The fourth-order valence-corrected chi connectivity index (χ4v) is 4.04. The third-order valence-corrected chi connectivity index (χ3v) is 5.69. The Balaban J connectivity index is 1.72. The van der Waals surface area contributed by atoms with Crippen LogP contribution in [0, 0.1) is 0 Å². The second kappa shape index (κ2) is 7.11. The smallest absolute Gasteiger partial charge is 0.230 e. The Morgan fingerprint density at radius 2 is 1.61 bits per heavy atom. The van der Waals surface area contributed by atoms with E-state index in [1.807, 2.05) is 66.7 Å². The van der Waals surface area contributed by atoms with Gasteiger partial charge in [-0.2, -0.15) is 0 Å². The zero-order valence-electron chi connectivity index (χ0n) is 16.3. The predicted molar refractivity (Wildman–Crippen MR) is 125 cm³/mol. The van der Waals surface area contributed by atoms with Crippen LogP contribution in [0.4, 0.5) is 5.69 Å². The fraction of sp³-hybridized carbons (Fsp3) is 0. The van der Waals surface area contributed by atoms with Crippen LogP contribution in [0.2, 0.25) is 5.02 Å². The number of fused-ring (bicyclic) bond motifs is 4. The second-order valence-corrected chi connectivity index (χ2v) is 7.74. The number of H-pyrrole nitrogens is 1. The molecule has 0 saturated heterocycles. The summed E-state index contributed by atoms with van der Waals surface area (Å²) in [5, 5.41) is 3.83. The van der Waals surface area contributed by atoms with E-state index < -0.39 is 0 Å². The summed E-state index contributed by atoms with van der Waals surface area (Å²) in [6.45, 7) is 0. The van der Waals surface area contributed by atoms with E-state index in [1.54, 1.807) is 0 Å². The SMILES string of the molecule is Clc1ccccc1N=c1oc2ccc3ccccc3c2cc1-c1nc2ccccc2[nH]1. The number of hydrogen-bond donors (Lipinski definition) is 1. The monoisotopic (exact) mass is 421 g/mol. The van der Waals surface area contributed by atoms with Gasteiger partial charge in [-0.25, -0.2) is 9.98 Å². The van der Waals surface area contributed by atoms with Crippen LogP contribution < -0.4 is 5.55 Å². The maximum atomic E-state index is 6.37. The minimum atomic E-state index is 0.454. The number of halogens is 1. The van der Waals surface area contributed by atoms with Crippen LogP contribution >= 0.6 is 11.6 Å². The average Bonchev–Trinajstić information content (AvgIpc) is 3.24. The van der Waals surface area contributed by atoms with Crippen molar-refractivity contribution < 1.29 is 4.42 Å². The molecule has 0 aliphatic rings. The highest BCUT2D eigenvalue weighted by atomic mass is 35.5. The van der Waals surface area contributed by atoms with E-state index in [2.05, 4.69) is 29.2 Å². The van der Waals surface area contributed by atoms with Crippen LogP contribution in [0.15, 0.2) is 100 Å². The molecule has 0 amide bonds. The zero-order valence-corrected chi connectivity index (χ0v) is 17.1. The molecule has 0 saturated carbocycles. The third-order valence-electron chi connectivity index (χ3n) is 5.38. The minimum absolute atomic E-state index is 0.454. The van der Waals surface area contributed by atoms with Crippen molar-refractivity contribution >= 4 is 50.1 Å². The number of nitrogens with one attached hydrogen (secondary N) is 1. The number of rotatable bonds is 2. The van der Waals surface area contributed by atoms with E-state index in [0.717, 1.165) is 38.3 Å². The summed E-state index contributed by atoms with van der Waals surface area (Å²) in [7, 11) is 0. The first-order valence-electron chi connectivity index (χ1n) is 9.96. The van der Waals surface area contributed by atoms with Gasteiger partial charge in [0.15, 0.2) is 0 Å². The fourth-order valence-electron chi connectivity index (χ4n) is 3.86. The van der Waals surface area contributed by atoms with Gasteiger partial charge in [0.1, 0.15) is 11.4 Å². The number of imidazole rings is 1. The molecular formula is C26H16ClN3O. The van der Waals surface area contributed by atoms with Gasteiger partial charge in [-0.3, -0.25) is 0 Å². The summed E-state index contributed by atoms with van der Waals surface area (Å²) in [6, 6.07) is 29.8. The summed E-state index contributed by atoms with van der Waals surface area (Å²) in [5.41, 5.74) is 4.48. The van der Waals surface area contributed by atoms with Crippen molar-refractivity contribution in [3.63, 3.8) is 0 Å². The molecule has 0 fully saturated rings. The molecule has 0 radical (unpaired) electrons. The molecular weight excluding hydrogens is 406 g/mol. The van der Waals surface area contributed by atoms with Crippen molar-refractivity contribution in [2.45, 2.75) is 0 Å². The number of benzene rings is 4. The van der Waals surface area contributed by atoms with E-state index in [1.165, 1.54) is 0 Å². The second-order valence-electron chi connectivity index (χ2n) is 7.33. The highest BCUT2D eigenvalue weighted by molar-refractivity contribution is 6.32. The largest absolute Gasteiger partial charge is 0.438 e. The molecule has 0 spiro atoms. The van der Waals surface area contributed by atoms with E-state index in [4.69, 9.17) is 26.0 Å². The van der Waals surface area contributed by atoms with Crippen molar-refractivity contribution in [2.24, 2.45) is 4.99 Å². The first kappa shape index (κ1) is 17.9. The van der Waals surface area contributed by atoms with Crippen molar-refractivity contribution in [3.8, 4) is 11.4 Å². The molecule has 0 unspecified atom stereocenters. The van der Waals surface area contributed by atoms with Crippen molar-refractivity contribution in [1.82, 2.24) is 9.97 Å². The quantitative estimate of drug-likeness (QED) is 0.305. The lowest BCUT2D eigenvalue weighted by Crippen LogP contribution is -2.06. The van der Waals surface area contributed by atoms with E-state index >= 15 is 0 Å². The number of nitrogens with zero attached hydrogens (tertiary/aromatic N) is 2. The summed E-state index contributed by atoms with van der Waals surface area (Å²) < 4.78 is 6.33. The molecule has 0 aliphatic carbocycles. The van der Waals surface area contributed by atoms with Crippen molar-refractivity contribution in [2.75, 3.05) is 0 Å². The van der Waals surface area contributed by atoms with Crippen LogP contribution in [0.5, 0.6) is 0 Å². The molecule has 0 bridgehead atoms. The van der Waals surface area contributed by atoms with E-state index in [9.17, 15) is 0 Å². The molecule has 6 rings (SSSR count). The number of aromatic amines is 1. The molecule has 6 aromatic rings. The summed E-state index contributed by atoms with van der Waals surface area (Å²) in [6.07, 6.45) is 0. The van der Waals surface area contributed by atoms with Crippen LogP contribution in [0.25, 0.3) is 44.2 Å². The molecule has 0 atom stereocenters. The third kappa shape index (κ3) is 3.09. The molecule has 148 valence electrons. The number of para-hydroxylation sites is 3. The Kier molecular flexibility index (Phi) is 4.11. The first-order chi connectivity index (χ1) is 15.3. The summed E-state index contributed by atoms with van der Waals surface area (Å²) >= 11 is 6.37. The zero-order chi connectivity index (χ0) is 20.8. The first-order valence-corrected chi connectivity index (χ1v) is 10.3. The number of aromatic nitrogens is 2. The standard InChI is InChI=1S/C26H16ClN3O/c27-20-9-3-4-10-21(20)30-26-19(25-28-22-11-5-6-12-23(22)29-25)15-18-17-8-2-1-7-16(17)13-14-24(18)31-26/h1-15H,(H,28,29). The molecule has 5 heteroatoms. The van der Waals surface area contributed by atoms with Gasteiger partial charge in [-0.1, -0.05) is 66.2 Å². The van der Waals surface area contributed by atoms with Gasteiger partial charge in [0.2, 0.25) is 5.55 Å². The van der Waals surface area contributed by atoms with Gasteiger partial charge in [0.05, 0.1) is 27.3 Å². The molecule has 4 nitrogen and oxygen atoms in total. The molecule has 4 aromatic carbocycles. The normalized spacial score (nSPS) is 12.2. The van der Waals surface area contributed by atoms with Crippen LogP contribution in [-0.4, -0.2) is 9.97 Å². The van der Waals surface area contributed by atoms with E-state index in [-0.39, 0.29) is 0 Å². The number of hydrogen-bond acceptors (Lipinski definition) is 3. The molecule has 2 aromatic heterocycles. The minimum Gasteiger partial charge on any atom is -0.438 e. The molecule has 1 N–H and O–H groups in total. The van der Waals surface area contributed by atoms with Crippen LogP contribution in [-0.2, 0) is 0 Å². The summed E-state index contributed by atoms with van der Waals surface area (Å²) in [4.78, 5) is 12.9. The predicted octanol–water partition coefficient (Wildman–Crippen LogP) is 7.02. The topological polar surface area (TPSA) is 54.2 Å². The van der Waals surface area contributed by atoms with Gasteiger partial charge in [-0.05, 0) is 47.2 Å². The Hall–Kier alpha value is -3.89. The van der Waals surface area contributed by atoms with Crippen LogP contribution in [0.3, 0.4) is 0 Å². The summed E-state index contributed by atoms with van der Waals surface area (Å²) in [5.74, 6) is 0.700. The van der Waals surface area contributed by atoms with Gasteiger partial charge in [0.25, 0.3) is 0 Å². The van der Waals surface area contributed by atoms with Gasteiger partial charge in [0, 0.05) is 5.39 Å². The molecule has 2 heterocycles. The van der Waals surface area contributed by atoms with E-state index in [0.29, 0.717) is 22.1 Å². The molecule has 0 aliphatic heterocycles. The molecule has 31 heavy (non-hydrogen) atoms. The lowest BCUT2D eigenvalue weighted by Gasteiger charge is -2.06.